The Balaban J connectivity index is 2.81. The van der Waals surface area contributed by atoms with Gasteiger partial charge < -0.3 is 10.1 Å². The molecule has 0 aliphatic heterocycles. The van der Waals surface area contributed by atoms with Gasteiger partial charge in [0.25, 0.3) is 0 Å². The highest BCUT2D eigenvalue weighted by molar-refractivity contribution is 9.10. The Labute approximate surface area is 125 Å². The maximum Gasteiger partial charge on any atom is 0.119 e. The van der Waals surface area contributed by atoms with Gasteiger partial charge in [-0.3, -0.25) is 0 Å². The molecule has 1 N–H and O–H groups in total. The normalized spacial score (nSPS) is 13.9. The van der Waals surface area contributed by atoms with Crippen molar-refractivity contribution in [3.8, 4) is 5.75 Å². The summed E-state index contributed by atoms with van der Waals surface area (Å²) in [6.45, 7) is 10.4. The summed E-state index contributed by atoms with van der Waals surface area (Å²) >= 11 is 3.61. The molecule has 0 aliphatic rings. The highest BCUT2D eigenvalue weighted by atomic mass is 79.9. The molecule has 0 amide bonds. The van der Waals surface area contributed by atoms with Gasteiger partial charge in [0.15, 0.2) is 0 Å². The van der Waals surface area contributed by atoms with E-state index in [1.807, 2.05) is 18.2 Å². The minimum absolute atomic E-state index is 0.0457. The summed E-state index contributed by atoms with van der Waals surface area (Å²) in [7, 11) is 1.70. The summed E-state index contributed by atoms with van der Waals surface area (Å²) in [5.74, 6) is 0.895. The summed E-state index contributed by atoms with van der Waals surface area (Å²) in [5.41, 5.74) is 1.30. The molecular formula is C16H24BrNO. The van der Waals surface area contributed by atoms with Gasteiger partial charge in [0, 0.05) is 16.4 Å². The van der Waals surface area contributed by atoms with E-state index in [2.05, 4.69) is 47.7 Å². The standard InChI is InChI=1S/C16H24BrNO/c1-5-9-18-12-16(3,6-2)11-13-10-14(19-4)7-8-15(13)17/h6-8,10,18H,2,5,9,11-12H2,1,3-4H3. The third kappa shape index (κ3) is 5.00. The third-order valence-corrected chi connectivity index (χ3v) is 4.07. The minimum Gasteiger partial charge on any atom is -0.497 e. The second kappa shape index (κ2) is 7.71. The molecule has 0 aromatic heterocycles. The molecule has 1 unspecified atom stereocenters. The van der Waals surface area contributed by atoms with Crippen molar-refractivity contribution in [1.29, 1.82) is 0 Å². The van der Waals surface area contributed by atoms with E-state index < -0.39 is 0 Å². The topological polar surface area (TPSA) is 21.3 Å². The zero-order valence-electron chi connectivity index (χ0n) is 12.1. The fraction of sp³-hybridized carbons (Fsp3) is 0.500. The van der Waals surface area contributed by atoms with Crippen LogP contribution in [0.25, 0.3) is 0 Å². The highest BCUT2D eigenvalue weighted by Crippen LogP contribution is 2.30. The molecule has 3 heteroatoms. The number of hydrogen-bond donors (Lipinski definition) is 1. The average Bonchev–Trinajstić information content (AvgIpc) is 2.41. The Morgan fingerprint density at radius 1 is 1.47 bits per heavy atom. The first kappa shape index (κ1) is 16.3. The summed E-state index contributed by atoms with van der Waals surface area (Å²) in [6.07, 6.45) is 4.13. The van der Waals surface area contributed by atoms with Crippen LogP contribution in [0, 0.1) is 5.41 Å². The number of benzene rings is 1. The molecule has 0 aliphatic carbocycles. The van der Waals surface area contributed by atoms with E-state index >= 15 is 0 Å². The smallest absolute Gasteiger partial charge is 0.119 e. The maximum atomic E-state index is 5.29. The fourth-order valence-corrected chi connectivity index (χ4v) is 2.39. The van der Waals surface area contributed by atoms with Crippen LogP contribution in [0.4, 0.5) is 0 Å². The number of halogens is 1. The van der Waals surface area contributed by atoms with E-state index in [1.54, 1.807) is 7.11 Å². The van der Waals surface area contributed by atoms with Gasteiger partial charge in [0.05, 0.1) is 7.11 Å². The lowest BCUT2D eigenvalue weighted by Gasteiger charge is -2.27. The predicted octanol–water partition coefficient (Wildman–Crippen LogP) is 4.19. The van der Waals surface area contributed by atoms with Crippen LogP contribution in [-0.2, 0) is 6.42 Å². The van der Waals surface area contributed by atoms with Gasteiger partial charge >= 0.3 is 0 Å². The van der Waals surface area contributed by atoms with Crippen LogP contribution in [0.5, 0.6) is 5.75 Å². The van der Waals surface area contributed by atoms with E-state index in [9.17, 15) is 0 Å². The van der Waals surface area contributed by atoms with Crippen LogP contribution in [-0.4, -0.2) is 20.2 Å². The maximum absolute atomic E-state index is 5.29. The molecule has 1 atom stereocenters. The summed E-state index contributed by atoms with van der Waals surface area (Å²) in [6, 6.07) is 6.09. The first-order valence-electron chi connectivity index (χ1n) is 6.71. The number of methoxy groups -OCH3 is 1. The molecule has 1 aromatic carbocycles. The zero-order valence-corrected chi connectivity index (χ0v) is 13.7. The van der Waals surface area contributed by atoms with Crippen molar-refractivity contribution in [2.24, 2.45) is 5.41 Å². The second-order valence-electron chi connectivity index (χ2n) is 5.17. The monoisotopic (exact) mass is 325 g/mol. The SMILES string of the molecule is C=CC(C)(CNCCC)Cc1cc(OC)ccc1Br. The van der Waals surface area contributed by atoms with Gasteiger partial charge in [-0.05, 0) is 43.1 Å². The van der Waals surface area contributed by atoms with Crippen molar-refractivity contribution in [2.45, 2.75) is 26.7 Å². The minimum atomic E-state index is 0.0457. The van der Waals surface area contributed by atoms with Gasteiger partial charge in [-0.1, -0.05) is 35.9 Å². The number of ether oxygens (including phenoxy) is 1. The van der Waals surface area contributed by atoms with Crippen LogP contribution in [0.3, 0.4) is 0 Å². The average molecular weight is 326 g/mol. The molecule has 0 fully saturated rings. The quantitative estimate of drug-likeness (QED) is 0.571. The molecule has 2 nitrogen and oxygen atoms in total. The van der Waals surface area contributed by atoms with Crippen molar-refractivity contribution in [3.63, 3.8) is 0 Å². The van der Waals surface area contributed by atoms with E-state index in [0.717, 1.165) is 36.2 Å². The van der Waals surface area contributed by atoms with Crippen molar-refractivity contribution in [1.82, 2.24) is 5.32 Å². The largest absolute Gasteiger partial charge is 0.497 e. The summed E-state index contributed by atoms with van der Waals surface area (Å²) < 4.78 is 6.42. The van der Waals surface area contributed by atoms with E-state index in [1.165, 1.54) is 5.56 Å². The Bertz CT molecular complexity index is 419. The van der Waals surface area contributed by atoms with Gasteiger partial charge in [-0.25, -0.2) is 0 Å². The van der Waals surface area contributed by atoms with Crippen LogP contribution in [0.15, 0.2) is 35.3 Å². The third-order valence-electron chi connectivity index (χ3n) is 3.30. The van der Waals surface area contributed by atoms with E-state index in [4.69, 9.17) is 4.74 Å². The van der Waals surface area contributed by atoms with Gasteiger partial charge in [-0.15, -0.1) is 6.58 Å². The van der Waals surface area contributed by atoms with Gasteiger partial charge in [0.1, 0.15) is 5.75 Å². The van der Waals surface area contributed by atoms with Gasteiger partial charge in [0.2, 0.25) is 0 Å². The Morgan fingerprint density at radius 2 is 2.21 bits per heavy atom. The van der Waals surface area contributed by atoms with Crippen LogP contribution < -0.4 is 10.1 Å². The predicted molar refractivity (Wildman–Crippen MR) is 85.9 cm³/mol. The van der Waals surface area contributed by atoms with Crippen LogP contribution in [0.2, 0.25) is 0 Å². The zero-order chi connectivity index (χ0) is 14.3. The molecule has 0 bridgehead atoms. The molecule has 0 radical (unpaired) electrons. The van der Waals surface area contributed by atoms with Crippen molar-refractivity contribution >= 4 is 15.9 Å². The lowest BCUT2D eigenvalue weighted by atomic mass is 9.83. The lowest BCUT2D eigenvalue weighted by molar-refractivity contribution is 0.387. The molecule has 1 rings (SSSR count). The second-order valence-corrected chi connectivity index (χ2v) is 6.02. The molecule has 0 spiro atoms. The van der Waals surface area contributed by atoms with Crippen molar-refractivity contribution in [3.05, 3.63) is 40.9 Å². The van der Waals surface area contributed by atoms with Crippen LogP contribution >= 0.6 is 15.9 Å². The molecule has 19 heavy (non-hydrogen) atoms. The first-order chi connectivity index (χ1) is 9.04. The van der Waals surface area contributed by atoms with Crippen molar-refractivity contribution < 1.29 is 4.74 Å². The first-order valence-corrected chi connectivity index (χ1v) is 7.50. The summed E-state index contributed by atoms with van der Waals surface area (Å²) in [5, 5.41) is 3.48. The Hall–Kier alpha value is -0.800. The Morgan fingerprint density at radius 3 is 2.79 bits per heavy atom. The van der Waals surface area contributed by atoms with Gasteiger partial charge in [-0.2, -0.15) is 0 Å². The molecule has 1 aromatic rings. The molecule has 0 saturated heterocycles. The Kier molecular flexibility index (Phi) is 6.59. The highest BCUT2D eigenvalue weighted by Gasteiger charge is 2.21. The molecule has 106 valence electrons. The molecule has 0 saturated carbocycles. The lowest BCUT2D eigenvalue weighted by Crippen LogP contribution is -2.32. The number of hydrogen-bond acceptors (Lipinski definition) is 2. The molecular weight excluding hydrogens is 302 g/mol. The summed E-state index contributed by atoms with van der Waals surface area (Å²) in [4.78, 5) is 0. The number of nitrogens with one attached hydrogen (secondary N) is 1. The fourth-order valence-electron chi connectivity index (χ4n) is 2.01. The van der Waals surface area contributed by atoms with E-state index in [-0.39, 0.29) is 5.41 Å². The van der Waals surface area contributed by atoms with E-state index in [0.29, 0.717) is 0 Å². The number of rotatable bonds is 8. The molecule has 0 heterocycles. The van der Waals surface area contributed by atoms with Crippen LogP contribution in [0.1, 0.15) is 25.8 Å². The van der Waals surface area contributed by atoms with Crippen molar-refractivity contribution in [2.75, 3.05) is 20.2 Å².